The summed E-state index contributed by atoms with van der Waals surface area (Å²) in [7, 11) is 1.41. The minimum atomic E-state index is -0.440. The number of benzene rings is 1. The van der Waals surface area contributed by atoms with Crippen LogP contribution < -0.4 is 15.6 Å². The molecule has 4 aliphatic rings. The molecule has 0 aromatic heterocycles. The maximum absolute atomic E-state index is 13.7. The Hall–Kier alpha value is -2.11. The van der Waals surface area contributed by atoms with Crippen molar-refractivity contribution in [3.8, 4) is 5.75 Å². The summed E-state index contributed by atoms with van der Waals surface area (Å²) in [4.78, 5) is 24.5. The number of methoxy groups -OCH3 is 1. The van der Waals surface area contributed by atoms with Crippen LogP contribution in [0.25, 0.3) is 0 Å². The molecule has 0 radical (unpaired) electrons. The molecule has 2 N–H and O–H groups in total. The van der Waals surface area contributed by atoms with Crippen LogP contribution >= 0.6 is 0 Å². The molecule has 0 aliphatic heterocycles. The highest BCUT2D eigenvalue weighted by Gasteiger charge is 2.51. The van der Waals surface area contributed by atoms with E-state index in [-0.39, 0.29) is 29.4 Å². The lowest BCUT2D eigenvalue weighted by Crippen LogP contribution is -2.50. The minimum absolute atomic E-state index is 0.0919. The third-order valence-electron chi connectivity index (χ3n) is 6.90. The SMILES string of the molecule is COc1ccc(CCC(=O)NNC(=O)CC23CC4CC(CC(C4)C2)C3)cc1F. The summed E-state index contributed by atoms with van der Waals surface area (Å²) in [6.07, 6.45) is 8.66. The van der Waals surface area contributed by atoms with Crippen molar-refractivity contribution >= 4 is 11.8 Å². The van der Waals surface area contributed by atoms with Crippen molar-refractivity contribution < 1.29 is 18.7 Å². The molecule has 152 valence electrons. The highest BCUT2D eigenvalue weighted by molar-refractivity contribution is 5.82. The lowest BCUT2D eigenvalue weighted by molar-refractivity contribution is -0.134. The van der Waals surface area contributed by atoms with Crippen LogP contribution in [0.2, 0.25) is 0 Å². The molecule has 28 heavy (non-hydrogen) atoms. The van der Waals surface area contributed by atoms with Gasteiger partial charge in [0.05, 0.1) is 7.11 Å². The van der Waals surface area contributed by atoms with Gasteiger partial charge in [0.1, 0.15) is 0 Å². The molecule has 0 heterocycles. The van der Waals surface area contributed by atoms with Gasteiger partial charge in [-0.1, -0.05) is 6.07 Å². The standard InChI is InChI=1S/C22H29FN2O3/c1-28-19-4-2-14(9-18(19)23)3-5-20(26)24-25-21(27)13-22-10-15-6-16(11-22)8-17(7-15)12-22/h2,4,9,15-17H,3,5-8,10-13H2,1H3,(H,24,26)(H,25,27). The van der Waals surface area contributed by atoms with Gasteiger partial charge < -0.3 is 4.74 Å². The predicted octanol–water partition coefficient (Wildman–Crippen LogP) is 3.52. The van der Waals surface area contributed by atoms with Gasteiger partial charge in [0.15, 0.2) is 11.6 Å². The zero-order valence-corrected chi connectivity index (χ0v) is 16.4. The van der Waals surface area contributed by atoms with E-state index < -0.39 is 5.82 Å². The molecular formula is C22H29FN2O3. The third-order valence-corrected chi connectivity index (χ3v) is 6.90. The van der Waals surface area contributed by atoms with Crippen LogP contribution in [0.1, 0.15) is 56.9 Å². The fraction of sp³-hybridized carbons (Fsp3) is 0.636. The maximum Gasteiger partial charge on any atom is 0.238 e. The number of hydrogen-bond acceptors (Lipinski definition) is 3. The summed E-state index contributed by atoms with van der Waals surface area (Å²) in [6.45, 7) is 0. The Morgan fingerprint density at radius 1 is 1.07 bits per heavy atom. The van der Waals surface area contributed by atoms with Crippen molar-refractivity contribution in [2.75, 3.05) is 7.11 Å². The number of carbonyl (C=O) groups is 2. The molecule has 0 unspecified atom stereocenters. The van der Waals surface area contributed by atoms with Gasteiger partial charge in [0.25, 0.3) is 0 Å². The highest BCUT2D eigenvalue weighted by atomic mass is 19.1. The summed E-state index contributed by atoms with van der Waals surface area (Å²) in [5.41, 5.74) is 5.98. The van der Waals surface area contributed by atoms with Crippen molar-refractivity contribution in [2.24, 2.45) is 23.2 Å². The smallest absolute Gasteiger partial charge is 0.238 e. The number of halogens is 1. The predicted molar refractivity (Wildman–Crippen MR) is 103 cm³/mol. The zero-order chi connectivity index (χ0) is 19.7. The summed E-state index contributed by atoms with van der Waals surface area (Å²) in [6, 6.07) is 4.66. The molecule has 5 nitrogen and oxygen atoms in total. The summed E-state index contributed by atoms with van der Waals surface area (Å²) in [5.74, 6) is 1.80. The van der Waals surface area contributed by atoms with Crippen LogP contribution in [-0.2, 0) is 16.0 Å². The Balaban J connectivity index is 1.22. The molecule has 4 fully saturated rings. The van der Waals surface area contributed by atoms with E-state index in [1.807, 2.05) is 0 Å². The largest absolute Gasteiger partial charge is 0.494 e. The molecule has 1 aromatic carbocycles. The molecule has 0 atom stereocenters. The molecule has 4 bridgehead atoms. The second kappa shape index (κ2) is 7.72. The normalized spacial score (nSPS) is 30.1. The van der Waals surface area contributed by atoms with E-state index >= 15 is 0 Å². The number of rotatable bonds is 6. The number of amides is 2. The Labute approximate surface area is 165 Å². The van der Waals surface area contributed by atoms with Crippen LogP contribution in [0.4, 0.5) is 4.39 Å². The average molecular weight is 388 g/mol. The zero-order valence-electron chi connectivity index (χ0n) is 16.4. The quantitative estimate of drug-likeness (QED) is 0.733. The van der Waals surface area contributed by atoms with Crippen molar-refractivity contribution in [3.63, 3.8) is 0 Å². The van der Waals surface area contributed by atoms with Gasteiger partial charge in [-0.05, 0) is 85.8 Å². The van der Waals surface area contributed by atoms with Gasteiger partial charge in [0.2, 0.25) is 11.8 Å². The lowest BCUT2D eigenvalue weighted by atomic mass is 9.49. The van der Waals surface area contributed by atoms with Crippen LogP contribution in [-0.4, -0.2) is 18.9 Å². The highest BCUT2D eigenvalue weighted by Crippen LogP contribution is 2.61. The Morgan fingerprint density at radius 3 is 2.25 bits per heavy atom. The maximum atomic E-state index is 13.7. The van der Waals surface area contributed by atoms with Gasteiger partial charge in [-0.15, -0.1) is 0 Å². The van der Waals surface area contributed by atoms with Crippen LogP contribution in [0.15, 0.2) is 18.2 Å². The van der Waals surface area contributed by atoms with E-state index in [0.717, 1.165) is 17.8 Å². The molecular weight excluding hydrogens is 359 g/mol. The monoisotopic (exact) mass is 388 g/mol. The van der Waals surface area contributed by atoms with E-state index in [0.29, 0.717) is 18.4 Å². The fourth-order valence-corrected chi connectivity index (χ4v) is 6.22. The molecule has 5 rings (SSSR count). The number of hydrogen-bond donors (Lipinski definition) is 2. The molecule has 0 saturated heterocycles. The summed E-state index contributed by atoms with van der Waals surface area (Å²) < 4.78 is 18.6. The van der Waals surface area contributed by atoms with Gasteiger partial charge in [-0.3, -0.25) is 20.4 Å². The first-order valence-electron chi connectivity index (χ1n) is 10.3. The molecule has 1 aromatic rings. The van der Waals surface area contributed by atoms with Gasteiger partial charge in [-0.2, -0.15) is 0 Å². The number of hydrazine groups is 1. The van der Waals surface area contributed by atoms with E-state index in [4.69, 9.17) is 4.74 Å². The Morgan fingerprint density at radius 2 is 1.68 bits per heavy atom. The fourth-order valence-electron chi connectivity index (χ4n) is 6.22. The summed E-state index contributed by atoms with van der Waals surface area (Å²) in [5, 5.41) is 0. The van der Waals surface area contributed by atoms with E-state index in [2.05, 4.69) is 10.9 Å². The number of ether oxygens (including phenoxy) is 1. The van der Waals surface area contributed by atoms with Crippen molar-refractivity contribution in [2.45, 2.75) is 57.8 Å². The molecule has 4 saturated carbocycles. The Kier molecular flexibility index (Phi) is 5.30. The first-order chi connectivity index (χ1) is 13.4. The van der Waals surface area contributed by atoms with Gasteiger partial charge in [-0.25, -0.2) is 4.39 Å². The third kappa shape index (κ3) is 4.15. The number of nitrogens with one attached hydrogen (secondary N) is 2. The van der Waals surface area contributed by atoms with Crippen LogP contribution in [0, 0.1) is 29.0 Å². The van der Waals surface area contributed by atoms with Crippen molar-refractivity contribution in [1.29, 1.82) is 0 Å². The van der Waals surface area contributed by atoms with Crippen molar-refractivity contribution in [3.05, 3.63) is 29.6 Å². The van der Waals surface area contributed by atoms with Gasteiger partial charge in [0, 0.05) is 12.8 Å². The van der Waals surface area contributed by atoms with Crippen molar-refractivity contribution in [1.82, 2.24) is 10.9 Å². The molecule has 0 spiro atoms. The molecule has 2 amide bonds. The first kappa shape index (κ1) is 19.2. The lowest BCUT2D eigenvalue weighted by Gasteiger charge is -2.56. The summed E-state index contributed by atoms with van der Waals surface area (Å²) >= 11 is 0. The average Bonchev–Trinajstić information content (AvgIpc) is 2.63. The van der Waals surface area contributed by atoms with Crippen LogP contribution in [0.3, 0.4) is 0 Å². The molecule has 4 aliphatic carbocycles. The number of aryl methyl sites for hydroxylation is 1. The topological polar surface area (TPSA) is 67.4 Å². The second-order valence-corrected chi connectivity index (χ2v) is 9.16. The van der Waals surface area contributed by atoms with Gasteiger partial charge >= 0.3 is 0 Å². The first-order valence-corrected chi connectivity index (χ1v) is 10.3. The number of carbonyl (C=O) groups excluding carboxylic acids is 2. The van der Waals surface area contributed by atoms with E-state index in [1.165, 1.54) is 51.7 Å². The van der Waals surface area contributed by atoms with Crippen LogP contribution in [0.5, 0.6) is 5.75 Å². The Bertz CT molecular complexity index is 729. The molecule has 6 heteroatoms. The van der Waals surface area contributed by atoms with E-state index in [9.17, 15) is 14.0 Å². The minimum Gasteiger partial charge on any atom is -0.494 e. The van der Waals surface area contributed by atoms with E-state index in [1.54, 1.807) is 12.1 Å². The second-order valence-electron chi connectivity index (χ2n) is 9.16.